The van der Waals surface area contributed by atoms with Gasteiger partial charge in [-0.3, -0.25) is 9.78 Å². The maximum Gasteiger partial charge on any atom is 0.227 e. The van der Waals surface area contributed by atoms with Gasteiger partial charge in [-0.15, -0.1) is 0 Å². The first-order valence-corrected chi connectivity index (χ1v) is 6.08. The number of carbonyl (C=O) groups excluding carboxylic acids is 1. The van der Waals surface area contributed by atoms with Gasteiger partial charge in [0, 0.05) is 37.6 Å². The van der Waals surface area contributed by atoms with E-state index < -0.39 is 0 Å². The van der Waals surface area contributed by atoms with E-state index >= 15 is 0 Å². The molecule has 0 spiro atoms. The zero-order valence-electron chi connectivity index (χ0n) is 10.4. The third-order valence-corrected chi connectivity index (χ3v) is 3.15. The second-order valence-electron chi connectivity index (χ2n) is 4.62. The van der Waals surface area contributed by atoms with Crippen molar-refractivity contribution in [1.82, 2.24) is 15.2 Å². The molecule has 1 aliphatic rings. The Hall–Kier alpha value is -1.42. The molecule has 1 fully saturated rings. The molecule has 1 saturated heterocycles. The summed E-state index contributed by atoms with van der Waals surface area (Å²) < 4.78 is 0. The van der Waals surface area contributed by atoms with E-state index in [0.29, 0.717) is 6.42 Å². The number of pyridine rings is 1. The quantitative estimate of drug-likeness (QED) is 0.820. The Balaban J connectivity index is 1.98. The summed E-state index contributed by atoms with van der Waals surface area (Å²) in [7, 11) is 0. The first-order chi connectivity index (χ1) is 8.16. The van der Waals surface area contributed by atoms with E-state index in [2.05, 4.69) is 17.2 Å². The topological polar surface area (TPSA) is 45.2 Å². The van der Waals surface area contributed by atoms with Crippen LogP contribution in [-0.4, -0.2) is 41.5 Å². The van der Waals surface area contributed by atoms with Crippen LogP contribution in [0.25, 0.3) is 0 Å². The van der Waals surface area contributed by atoms with Crippen molar-refractivity contribution in [2.45, 2.75) is 26.3 Å². The monoisotopic (exact) mass is 233 g/mol. The Kier molecular flexibility index (Phi) is 3.74. The molecule has 0 saturated carbocycles. The maximum absolute atomic E-state index is 12.1. The zero-order valence-corrected chi connectivity index (χ0v) is 10.4. The Bertz CT molecular complexity index is 388. The summed E-state index contributed by atoms with van der Waals surface area (Å²) in [6.07, 6.45) is 2.25. The van der Waals surface area contributed by atoms with E-state index in [1.54, 1.807) is 6.20 Å². The highest BCUT2D eigenvalue weighted by Gasteiger charge is 2.22. The first kappa shape index (κ1) is 12.0. The highest BCUT2D eigenvalue weighted by molar-refractivity contribution is 5.79. The summed E-state index contributed by atoms with van der Waals surface area (Å²) in [4.78, 5) is 18.3. The Morgan fingerprint density at radius 3 is 3.06 bits per heavy atom. The van der Waals surface area contributed by atoms with Crippen molar-refractivity contribution >= 4 is 5.91 Å². The van der Waals surface area contributed by atoms with E-state index in [1.165, 1.54) is 0 Å². The van der Waals surface area contributed by atoms with Crippen molar-refractivity contribution in [2.75, 3.05) is 19.6 Å². The predicted octanol–water partition coefficient (Wildman–Crippen LogP) is 0.753. The summed E-state index contributed by atoms with van der Waals surface area (Å²) in [6.45, 7) is 6.61. The summed E-state index contributed by atoms with van der Waals surface area (Å²) >= 11 is 0. The number of rotatable bonds is 2. The normalized spacial score (nSPS) is 20.4. The molecule has 1 unspecified atom stereocenters. The van der Waals surface area contributed by atoms with Crippen LogP contribution in [0.2, 0.25) is 0 Å². The van der Waals surface area contributed by atoms with Crippen LogP contribution in [0.3, 0.4) is 0 Å². The molecule has 1 aromatic rings. The average Bonchev–Trinajstić information content (AvgIpc) is 2.32. The molecule has 0 radical (unpaired) electrons. The number of aromatic nitrogens is 1. The van der Waals surface area contributed by atoms with E-state index in [-0.39, 0.29) is 11.9 Å². The average molecular weight is 233 g/mol. The molecule has 1 aliphatic heterocycles. The lowest BCUT2D eigenvalue weighted by atomic mass is 10.1. The highest BCUT2D eigenvalue weighted by atomic mass is 16.2. The van der Waals surface area contributed by atoms with Crippen LogP contribution >= 0.6 is 0 Å². The molecule has 92 valence electrons. The van der Waals surface area contributed by atoms with E-state index in [1.807, 2.05) is 24.0 Å². The zero-order chi connectivity index (χ0) is 12.3. The maximum atomic E-state index is 12.1. The van der Waals surface area contributed by atoms with Gasteiger partial charge in [0.25, 0.3) is 0 Å². The summed E-state index contributed by atoms with van der Waals surface area (Å²) in [5, 5.41) is 3.28. The molecule has 1 atom stereocenters. The second-order valence-corrected chi connectivity index (χ2v) is 4.62. The molecule has 1 N–H and O–H groups in total. The number of amides is 1. The van der Waals surface area contributed by atoms with Crippen molar-refractivity contribution < 1.29 is 4.79 Å². The molecule has 0 aromatic carbocycles. The van der Waals surface area contributed by atoms with Gasteiger partial charge in [0.1, 0.15) is 0 Å². The lowest BCUT2D eigenvalue weighted by molar-refractivity contribution is -0.133. The molecule has 0 aliphatic carbocycles. The van der Waals surface area contributed by atoms with Gasteiger partial charge in [-0.05, 0) is 25.5 Å². The SMILES string of the molecule is Cc1ccc(CC(=O)N2CCNCC2C)cn1. The predicted molar refractivity (Wildman–Crippen MR) is 66.7 cm³/mol. The molecule has 1 aromatic heterocycles. The number of nitrogens with one attached hydrogen (secondary N) is 1. The minimum absolute atomic E-state index is 0.199. The molecule has 1 amide bonds. The molecule has 4 heteroatoms. The Morgan fingerprint density at radius 2 is 2.41 bits per heavy atom. The van der Waals surface area contributed by atoms with Crippen LogP contribution in [-0.2, 0) is 11.2 Å². The third kappa shape index (κ3) is 3.03. The Morgan fingerprint density at radius 1 is 1.59 bits per heavy atom. The van der Waals surface area contributed by atoms with Crippen LogP contribution in [0.1, 0.15) is 18.2 Å². The minimum atomic E-state index is 0.199. The fourth-order valence-electron chi connectivity index (χ4n) is 2.09. The van der Waals surface area contributed by atoms with Gasteiger partial charge in [-0.25, -0.2) is 0 Å². The van der Waals surface area contributed by atoms with Crippen LogP contribution in [0.15, 0.2) is 18.3 Å². The van der Waals surface area contributed by atoms with Crippen molar-refractivity contribution in [3.8, 4) is 0 Å². The highest BCUT2D eigenvalue weighted by Crippen LogP contribution is 2.07. The summed E-state index contributed by atoms with van der Waals surface area (Å²) in [6, 6.07) is 4.21. The molecule has 17 heavy (non-hydrogen) atoms. The minimum Gasteiger partial charge on any atom is -0.337 e. The van der Waals surface area contributed by atoms with Gasteiger partial charge in [0.05, 0.1) is 6.42 Å². The van der Waals surface area contributed by atoms with Crippen molar-refractivity contribution in [2.24, 2.45) is 0 Å². The van der Waals surface area contributed by atoms with Crippen LogP contribution in [0.5, 0.6) is 0 Å². The van der Waals surface area contributed by atoms with Gasteiger partial charge >= 0.3 is 0 Å². The van der Waals surface area contributed by atoms with Gasteiger partial charge < -0.3 is 10.2 Å². The molecule has 4 nitrogen and oxygen atoms in total. The first-order valence-electron chi connectivity index (χ1n) is 6.08. The molecular weight excluding hydrogens is 214 g/mol. The molecule has 0 bridgehead atoms. The van der Waals surface area contributed by atoms with Gasteiger partial charge in [-0.2, -0.15) is 0 Å². The smallest absolute Gasteiger partial charge is 0.227 e. The number of hydrogen-bond acceptors (Lipinski definition) is 3. The number of aryl methyl sites for hydroxylation is 1. The largest absolute Gasteiger partial charge is 0.337 e. The standard InChI is InChI=1S/C13H19N3O/c1-10-3-4-12(9-15-10)7-13(17)16-6-5-14-8-11(16)2/h3-4,9,11,14H,5-8H2,1-2H3. The van der Waals surface area contributed by atoms with E-state index in [9.17, 15) is 4.79 Å². The number of hydrogen-bond donors (Lipinski definition) is 1. The Labute approximate surface area is 102 Å². The fraction of sp³-hybridized carbons (Fsp3) is 0.538. The van der Waals surface area contributed by atoms with Crippen molar-refractivity contribution in [3.05, 3.63) is 29.6 Å². The molecule has 2 rings (SSSR count). The van der Waals surface area contributed by atoms with E-state index in [0.717, 1.165) is 30.9 Å². The second kappa shape index (κ2) is 5.27. The van der Waals surface area contributed by atoms with Crippen molar-refractivity contribution in [1.29, 1.82) is 0 Å². The van der Waals surface area contributed by atoms with Gasteiger partial charge in [-0.1, -0.05) is 6.07 Å². The van der Waals surface area contributed by atoms with Crippen LogP contribution < -0.4 is 5.32 Å². The van der Waals surface area contributed by atoms with E-state index in [4.69, 9.17) is 0 Å². The molecular formula is C13H19N3O. The summed E-state index contributed by atoms with van der Waals surface area (Å²) in [5.74, 6) is 0.199. The van der Waals surface area contributed by atoms with Gasteiger partial charge in [0.15, 0.2) is 0 Å². The van der Waals surface area contributed by atoms with Crippen LogP contribution in [0.4, 0.5) is 0 Å². The lowest BCUT2D eigenvalue weighted by Crippen LogP contribution is -2.52. The number of piperazine rings is 1. The van der Waals surface area contributed by atoms with Crippen LogP contribution in [0, 0.1) is 6.92 Å². The lowest BCUT2D eigenvalue weighted by Gasteiger charge is -2.34. The molecule has 2 heterocycles. The fourth-order valence-corrected chi connectivity index (χ4v) is 2.09. The van der Waals surface area contributed by atoms with Crippen molar-refractivity contribution in [3.63, 3.8) is 0 Å². The number of nitrogens with zero attached hydrogens (tertiary/aromatic N) is 2. The van der Waals surface area contributed by atoms with Gasteiger partial charge in [0.2, 0.25) is 5.91 Å². The number of carbonyl (C=O) groups is 1. The third-order valence-electron chi connectivity index (χ3n) is 3.15. The summed E-state index contributed by atoms with van der Waals surface area (Å²) in [5.41, 5.74) is 1.98.